The first-order valence-electron chi connectivity index (χ1n) is 13.6. The van der Waals surface area contributed by atoms with Crippen molar-refractivity contribution in [2.75, 3.05) is 53.0 Å². The highest BCUT2D eigenvalue weighted by molar-refractivity contribution is 5.98. The van der Waals surface area contributed by atoms with Crippen LogP contribution >= 0.6 is 0 Å². The zero-order valence-corrected chi connectivity index (χ0v) is 23.8. The topological polar surface area (TPSA) is 104 Å². The molecule has 10 nitrogen and oxygen atoms in total. The van der Waals surface area contributed by atoms with Gasteiger partial charge in [0.1, 0.15) is 5.75 Å². The molecular weight excluding hydrogens is 516 g/mol. The molecule has 4 rings (SSSR count). The van der Waals surface area contributed by atoms with Gasteiger partial charge in [-0.1, -0.05) is 12.1 Å². The van der Waals surface area contributed by atoms with Crippen molar-refractivity contribution in [3.63, 3.8) is 0 Å². The Hall–Kier alpha value is -3.95. The van der Waals surface area contributed by atoms with E-state index in [4.69, 9.17) is 23.7 Å². The molecule has 2 aromatic carbocycles. The zero-order chi connectivity index (χ0) is 28.8. The quantitative estimate of drug-likeness (QED) is 0.429. The Labute approximate surface area is 235 Å². The van der Waals surface area contributed by atoms with Crippen LogP contribution in [0.1, 0.15) is 44.2 Å². The molecule has 0 aromatic heterocycles. The SMILES string of the molecule is CCOC(=O)C1CCN(C(=O)[C@@H]2CCC(=O)N(c3cc(OC)c(OC)c(OC)c3)[C@@H]2c2ccc(OC)cc2)CC1. The standard InChI is InChI=1S/C30H38N2O8/c1-6-40-30(35)20-13-15-31(16-14-20)29(34)23-11-12-26(33)32(27(23)19-7-9-22(36-2)10-8-19)21-17-24(37-3)28(39-5)25(18-21)38-4/h7-10,17-18,20,23,27H,6,11-16H2,1-5H3/t23-,27-/m1/s1. The number of amides is 2. The molecule has 0 spiro atoms. The fourth-order valence-electron chi connectivity index (χ4n) is 5.67. The van der Waals surface area contributed by atoms with Crippen LogP contribution in [0, 0.1) is 11.8 Å². The van der Waals surface area contributed by atoms with Crippen molar-refractivity contribution in [1.82, 2.24) is 4.90 Å². The van der Waals surface area contributed by atoms with E-state index >= 15 is 0 Å². The van der Waals surface area contributed by atoms with Crippen molar-refractivity contribution < 1.29 is 38.1 Å². The second kappa shape index (κ2) is 12.9. The molecule has 0 saturated carbocycles. The predicted molar refractivity (Wildman–Crippen MR) is 148 cm³/mol. The fourth-order valence-corrected chi connectivity index (χ4v) is 5.67. The highest BCUT2D eigenvalue weighted by Gasteiger charge is 2.44. The molecule has 2 heterocycles. The van der Waals surface area contributed by atoms with Crippen molar-refractivity contribution >= 4 is 23.5 Å². The van der Waals surface area contributed by atoms with Gasteiger partial charge in [0.25, 0.3) is 0 Å². The number of nitrogens with zero attached hydrogens (tertiary/aromatic N) is 2. The number of hydrogen-bond donors (Lipinski definition) is 0. The molecule has 2 amide bonds. The monoisotopic (exact) mass is 554 g/mol. The van der Waals surface area contributed by atoms with E-state index in [1.807, 2.05) is 29.2 Å². The van der Waals surface area contributed by atoms with E-state index < -0.39 is 12.0 Å². The summed E-state index contributed by atoms with van der Waals surface area (Å²) in [6.07, 6.45) is 1.73. The highest BCUT2D eigenvalue weighted by atomic mass is 16.5. The Morgan fingerprint density at radius 2 is 1.50 bits per heavy atom. The lowest BCUT2D eigenvalue weighted by Gasteiger charge is -2.43. The summed E-state index contributed by atoms with van der Waals surface area (Å²) in [6.45, 7) is 3.06. The second-order valence-electron chi connectivity index (χ2n) is 9.86. The van der Waals surface area contributed by atoms with E-state index in [1.54, 1.807) is 31.1 Å². The fraction of sp³-hybridized carbons (Fsp3) is 0.500. The van der Waals surface area contributed by atoms with Gasteiger partial charge in [0, 0.05) is 31.6 Å². The zero-order valence-electron chi connectivity index (χ0n) is 23.8. The van der Waals surface area contributed by atoms with E-state index in [9.17, 15) is 14.4 Å². The number of esters is 1. The molecule has 2 aliphatic rings. The number of benzene rings is 2. The van der Waals surface area contributed by atoms with E-state index in [0.29, 0.717) is 67.6 Å². The lowest BCUT2D eigenvalue weighted by molar-refractivity contribution is -0.152. The molecule has 0 unspecified atom stereocenters. The van der Waals surface area contributed by atoms with Crippen LogP contribution in [0.25, 0.3) is 0 Å². The van der Waals surface area contributed by atoms with Crippen LogP contribution in [0.4, 0.5) is 5.69 Å². The van der Waals surface area contributed by atoms with Crippen LogP contribution in [0.5, 0.6) is 23.0 Å². The lowest BCUT2D eigenvalue weighted by atomic mass is 9.82. The molecule has 2 atom stereocenters. The molecule has 0 bridgehead atoms. The molecule has 216 valence electrons. The first-order valence-corrected chi connectivity index (χ1v) is 13.6. The lowest BCUT2D eigenvalue weighted by Crippen LogP contribution is -2.51. The molecule has 10 heteroatoms. The average Bonchev–Trinajstić information content (AvgIpc) is 3.00. The third-order valence-electron chi connectivity index (χ3n) is 7.73. The molecule has 0 N–H and O–H groups in total. The number of carbonyl (C=O) groups is 3. The smallest absolute Gasteiger partial charge is 0.309 e. The molecule has 2 fully saturated rings. The Morgan fingerprint density at radius 3 is 2.02 bits per heavy atom. The maximum absolute atomic E-state index is 14.1. The van der Waals surface area contributed by atoms with Crippen LogP contribution in [0.15, 0.2) is 36.4 Å². The summed E-state index contributed by atoms with van der Waals surface area (Å²) >= 11 is 0. The number of rotatable bonds is 9. The maximum atomic E-state index is 14.1. The maximum Gasteiger partial charge on any atom is 0.309 e. The van der Waals surface area contributed by atoms with Crippen molar-refractivity contribution in [3.8, 4) is 23.0 Å². The minimum atomic E-state index is -0.578. The summed E-state index contributed by atoms with van der Waals surface area (Å²) < 4.78 is 27.1. The third-order valence-corrected chi connectivity index (χ3v) is 7.73. The molecule has 40 heavy (non-hydrogen) atoms. The van der Waals surface area contributed by atoms with Crippen molar-refractivity contribution in [2.45, 2.75) is 38.6 Å². The number of likely N-dealkylation sites (tertiary alicyclic amines) is 1. The number of piperidine rings is 2. The van der Waals surface area contributed by atoms with Gasteiger partial charge in [-0.15, -0.1) is 0 Å². The summed E-state index contributed by atoms with van der Waals surface area (Å²) in [5.41, 5.74) is 1.35. The Balaban J connectivity index is 1.72. The van der Waals surface area contributed by atoms with Gasteiger partial charge < -0.3 is 33.5 Å². The van der Waals surface area contributed by atoms with Gasteiger partial charge >= 0.3 is 5.97 Å². The Kier molecular flexibility index (Phi) is 9.39. The van der Waals surface area contributed by atoms with Gasteiger partial charge in [0.05, 0.1) is 58.6 Å². The highest BCUT2D eigenvalue weighted by Crippen LogP contribution is 2.47. The Morgan fingerprint density at radius 1 is 0.875 bits per heavy atom. The molecule has 0 aliphatic carbocycles. The van der Waals surface area contributed by atoms with Gasteiger partial charge in [0.2, 0.25) is 17.6 Å². The summed E-state index contributed by atoms with van der Waals surface area (Å²) in [5, 5.41) is 0. The minimum Gasteiger partial charge on any atom is -0.497 e. The molecular formula is C30H38N2O8. The van der Waals surface area contributed by atoms with Crippen molar-refractivity contribution in [2.24, 2.45) is 11.8 Å². The van der Waals surface area contributed by atoms with Crippen LogP contribution in [-0.4, -0.2) is 70.8 Å². The number of ether oxygens (including phenoxy) is 5. The minimum absolute atomic E-state index is 0.0342. The van der Waals surface area contributed by atoms with E-state index in [1.165, 1.54) is 21.3 Å². The number of methoxy groups -OCH3 is 4. The largest absolute Gasteiger partial charge is 0.497 e. The normalized spacial score (nSPS) is 19.7. The van der Waals surface area contributed by atoms with Crippen molar-refractivity contribution in [3.05, 3.63) is 42.0 Å². The first-order chi connectivity index (χ1) is 19.4. The molecule has 2 aliphatic heterocycles. The second-order valence-corrected chi connectivity index (χ2v) is 9.86. The van der Waals surface area contributed by atoms with E-state index in [-0.39, 0.29) is 30.1 Å². The average molecular weight is 555 g/mol. The van der Waals surface area contributed by atoms with Gasteiger partial charge in [-0.05, 0) is 43.9 Å². The number of anilines is 1. The van der Waals surface area contributed by atoms with Gasteiger partial charge in [0.15, 0.2) is 11.5 Å². The Bertz CT molecular complexity index is 1180. The predicted octanol–water partition coefficient (Wildman–Crippen LogP) is 4.01. The number of carbonyl (C=O) groups excluding carboxylic acids is 3. The van der Waals surface area contributed by atoms with Gasteiger partial charge in [-0.25, -0.2) is 0 Å². The summed E-state index contributed by atoms with van der Waals surface area (Å²) in [7, 11) is 6.15. The summed E-state index contributed by atoms with van der Waals surface area (Å²) in [6, 6.07) is 10.3. The molecule has 2 saturated heterocycles. The third kappa shape index (κ3) is 5.80. The van der Waals surface area contributed by atoms with Gasteiger partial charge in [-0.2, -0.15) is 0 Å². The van der Waals surface area contributed by atoms with Crippen LogP contribution in [-0.2, 0) is 19.1 Å². The number of hydrogen-bond acceptors (Lipinski definition) is 8. The van der Waals surface area contributed by atoms with Crippen LogP contribution < -0.4 is 23.8 Å². The van der Waals surface area contributed by atoms with Crippen molar-refractivity contribution in [1.29, 1.82) is 0 Å². The van der Waals surface area contributed by atoms with Gasteiger partial charge in [-0.3, -0.25) is 14.4 Å². The molecule has 2 aromatic rings. The molecule has 0 radical (unpaired) electrons. The first kappa shape index (κ1) is 29.0. The van der Waals surface area contributed by atoms with Crippen LogP contribution in [0.3, 0.4) is 0 Å². The van der Waals surface area contributed by atoms with Crippen LogP contribution in [0.2, 0.25) is 0 Å². The van der Waals surface area contributed by atoms with E-state index in [0.717, 1.165) is 5.56 Å². The summed E-state index contributed by atoms with van der Waals surface area (Å²) in [5.74, 6) is 0.857. The van der Waals surface area contributed by atoms with E-state index in [2.05, 4.69) is 0 Å². The summed E-state index contributed by atoms with van der Waals surface area (Å²) in [4.78, 5) is 43.4.